The van der Waals surface area contributed by atoms with Gasteiger partial charge in [0.1, 0.15) is 0 Å². The number of aliphatic hydroxyl groups is 1. The maximum atomic E-state index is 12.7. The highest BCUT2D eigenvalue weighted by Crippen LogP contribution is 2.38. The molecule has 1 unspecified atom stereocenters. The van der Waals surface area contributed by atoms with Crippen LogP contribution in [-0.2, 0) is 4.79 Å². The molecular weight excluding hydrogens is 276 g/mol. The van der Waals surface area contributed by atoms with Gasteiger partial charge in [-0.3, -0.25) is 10.1 Å². The van der Waals surface area contributed by atoms with Crippen LogP contribution in [0.15, 0.2) is 30.3 Å². The van der Waals surface area contributed by atoms with E-state index >= 15 is 0 Å². The zero-order valence-corrected chi connectivity index (χ0v) is 12.8. The van der Waals surface area contributed by atoms with E-state index in [2.05, 4.69) is 29.6 Å². The Morgan fingerprint density at radius 1 is 1.09 bits per heavy atom. The zero-order valence-electron chi connectivity index (χ0n) is 12.8. The lowest BCUT2D eigenvalue weighted by Crippen LogP contribution is -2.43. The van der Waals surface area contributed by atoms with Crippen LogP contribution < -0.4 is 5.32 Å². The fourth-order valence-corrected chi connectivity index (χ4v) is 4.55. The lowest BCUT2D eigenvalue weighted by Gasteiger charge is -2.23. The minimum Gasteiger partial charge on any atom is -0.393 e. The molecule has 4 heteroatoms. The molecule has 2 aliphatic heterocycles. The SMILES string of the molecule is O=C([C@H]1CC[C@H](c2ccccc2)N1)N1C[C@H]2CC(O)C[C@H]2C1. The number of hydrogen-bond acceptors (Lipinski definition) is 3. The van der Waals surface area contributed by atoms with E-state index in [1.165, 1.54) is 5.56 Å². The molecule has 5 atom stereocenters. The molecule has 3 aliphatic rings. The van der Waals surface area contributed by atoms with Gasteiger partial charge >= 0.3 is 0 Å². The number of hydrogen-bond donors (Lipinski definition) is 2. The number of likely N-dealkylation sites (tertiary alicyclic amines) is 1. The van der Waals surface area contributed by atoms with Gasteiger partial charge < -0.3 is 10.0 Å². The maximum absolute atomic E-state index is 12.7. The van der Waals surface area contributed by atoms with Crippen LogP contribution in [0.2, 0.25) is 0 Å². The molecule has 0 radical (unpaired) electrons. The number of amides is 1. The Labute approximate surface area is 131 Å². The number of aliphatic hydroxyl groups excluding tert-OH is 1. The molecule has 1 aromatic rings. The average molecular weight is 300 g/mol. The second-order valence-electron chi connectivity index (χ2n) is 7.15. The largest absolute Gasteiger partial charge is 0.393 e. The third kappa shape index (κ3) is 2.55. The lowest BCUT2D eigenvalue weighted by atomic mass is 10.0. The molecule has 2 N–H and O–H groups in total. The topological polar surface area (TPSA) is 52.6 Å². The van der Waals surface area contributed by atoms with E-state index in [9.17, 15) is 9.90 Å². The molecule has 1 saturated carbocycles. The summed E-state index contributed by atoms with van der Waals surface area (Å²) in [4.78, 5) is 14.8. The molecule has 118 valence electrons. The quantitative estimate of drug-likeness (QED) is 0.874. The van der Waals surface area contributed by atoms with Crippen LogP contribution in [0, 0.1) is 11.8 Å². The Hall–Kier alpha value is -1.39. The van der Waals surface area contributed by atoms with Crippen LogP contribution in [0.5, 0.6) is 0 Å². The molecule has 1 amide bonds. The van der Waals surface area contributed by atoms with E-state index in [-0.39, 0.29) is 18.1 Å². The van der Waals surface area contributed by atoms with E-state index in [1.807, 2.05) is 11.0 Å². The van der Waals surface area contributed by atoms with Crippen LogP contribution in [0.3, 0.4) is 0 Å². The normalized spacial score (nSPS) is 37.5. The van der Waals surface area contributed by atoms with Crippen molar-refractivity contribution in [3.8, 4) is 0 Å². The van der Waals surface area contributed by atoms with Crippen LogP contribution >= 0.6 is 0 Å². The van der Waals surface area contributed by atoms with E-state index in [1.54, 1.807) is 0 Å². The molecule has 1 aliphatic carbocycles. The fraction of sp³-hybridized carbons (Fsp3) is 0.611. The molecule has 2 heterocycles. The number of carbonyl (C=O) groups excluding carboxylic acids is 1. The third-order valence-corrected chi connectivity index (χ3v) is 5.68. The molecule has 0 aromatic heterocycles. The van der Waals surface area contributed by atoms with Crippen molar-refractivity contribution in [2.75, 3.05) is 13.1 Å². The van der Waals surface area contributed by atoms with Gasteiger partial charge in [0.05, 0.1) is 12.1 Å². The molecule has 1 aromatic carbocycles. The first-order valence-corrected chi connectivity index (χ1v) is 8.48. The zero-order chi connectivity index (χ0) is 15.1. The minimum absolute atomic E-state index is 0.0334. The predicted octanol–water partition coefficient (Wildman–Crippen LogP) is 1.71. The standard InChI is InChI=1S/C18H24N2O2/c21-15-8-13-10-20(11-14(13)9-15)18(22)17-7-6-16(19-17)12-4-2-1-3-5-12/h1-5,13-17,19,21H,6-11H2/t13-,14+,15?,16-,17-/m1/s1. The molecule has 0 bridgehead atoms. The molecule has 22 heavy (non-hydrogen) atoms. The average Bonchev–Trinajstić information content (AvgIpc) is 3.21. The number of fused-ring (bicyclic) bond motifs is 1. The van der Waals surface area contributed by atoms with Crippen LogP contribution in [0.25, 0.3) is 0 Å². The first kappa shape index (κ1) is 14.2. The first-order chi connectivity index (χ1) is 10.7. The van der Waals surface area contributed by atoms with Crippen molar-refractivity contribution in [1.82, 2.24) is 10.2 Å². The fourth-order valence-electron chi connectivity index (χ4n) is 4.55. The Kier molecular flexibility index (Phi) is 3.66. The van der Waals surface area contributed by atoms with E-state index in [0.717, 1.165) is 38.8 Å². The number of benzene rings is 1. The number of nitrogens with one attached hydrogen (secondary N) is 1. The second kappa shape index (κ2) is 5.67. The van der Waals surface area contributed by atoms with E-state index < -0.39 is 0 Å². The molecule has 4 rings (SSSR count). The van der Waals surface area contributed by atoms with Crippen LogP contribution in [0.4, 0.5) is 0 Å². The summed E-state index contributed by atoms with van der Waals surface area (Å²) >= 11 is 0. The number of nitrogens with zero attached hydrogens (tertiary/aromatic N) is 1. The molecule has 3 fully saturated rings. The van der Waals surface area contributed by atoms with Gasteiger partial charge in [-0.15, -0.1) is 0 Å². The minimum atomic E-state index is -0.140. The van der Waals surface area contributed by atoms with Gasteiger partial charge in [0.25, 0.3) is 0 Å². The van der Waals surface area contributed by atoms with Crippen molar-refractivity contribution in [3.05, 3.63) is 35.9 Å². The molecule has 4 nitrogen and oxygen atoms in total. The second-order valence-corrected chi connectivity index (χ2v) is 7.15. The Bertz CT molecular complexity index is 533. The number of rotatable bonds is 2. The van der Waals surface area contributed by atoms with Crippen molar-refractivity contribution < 1.29 is 9.90 Å². The summed E-state index contributed by atoms with van der Waals surface area (Å²) in [5.74, 6) is 1.30. The van der Waals surface area contributed by atoms with Crippen molar-refractivity contribution in [2.24, 2.45) is 11.8 Å². The highest BCUT2D eigenvalue weighted by Gasteiger charge is 2.43. The highest BCUT2D eigenvalue weighted by molar-refractivity contribution is 5.82. The predicted molar refractivity (Wildman–Crippen MR) is 84.1 cm³/mol. The maximum Gasteiger partial charge on any atom is 0.239 e. The first-order valence-electron chi connectivity index (χ1n) is 8.48. The molecular formula is C18H24N2O2. The van der Waals surface area contributed by atoms with Gasteiger partial charge in [0.2, 0.25) is 5.91 Å². The monoisotopic (exact) mass is 300 g/mol. The summed E-state index contributed by atoms with van der Waals surface area (Å²) in [5, 5.41) is 13.2. The third-order valence-electron chi connectivity index (χ3n) is 5.68. The van der Waals surface area contributed by atoms with Gasteiger partial charge in [0, 0.05) is 19.1 Å². The summed E-state index contributed by atoms with van der Waals surface area (Å²) in [6.45, 7) is 1.68. The summed E-state index contributed by atoms with van der Waals surface area (Å²) in [5.41, 5.74) is 1.28. The van der Waals surface area contributed by atoms with Crippen molar-refractivity contribution in [3.63, 3.8) is 0 Å². The lowest BCUT2D eigenvalue weighted by molar-refractivity contribution is -0.132. The molecule has 0 spiro atoms. The van der Waals surface area contributed by atoms with Crippen molar-refractivity contribution in [2.45, 2.75) is 43.9 Å². The van der Waals surface area contributed by atoms with Gasteiger partial charge in [-0.25, -0.2) is 0 Å². The van der Waals surface area contributed by atoms with Crippen molar-refractivity contribution >= 4 is 5.91 Å². The smallest absolute Gasteiger partial charge is 0.239 e. The van der Waals surface area contributed by atoms with E-state index in [0.29, 0.717) is 17.9 Å². The van der Waals surface area contributed by atoms with Crippen molar-refractivity contribution in [1.29, 1.82) is 0 Å². The van der Waals surface area contributed by atoms with E-state index in [4.69, 9.17) is 0 Å². The van der Waals surface area contributed by atoms with Crippen LogP contribution in [0.1, 0.15) is 37.3 Å². The highest BCUT2D eigenvalue weighted by atomic mass is 16.3. The summed E-state index contributed by atoms with van der Waals surface area (Å²) in [6, 6.07) is 10.7. The Morgan fingerprint density at radius 3 is 2.45 bits per heavy atom. The van der Waals surface area contributed by atoms with Gasteiger partial charge in [-0.2, -0.15) is 0 Å². The Morgan fingerprint density at radius 2 is 1.77 bits per heavy atom. The number of carbonyl (C=O) groups is 1. The van der Waals surface area contributed by atoms with Gasteiger partial charge in [0.15, 0.2) is 0 Å². The van der Waals surface area contributed by atoms with Crippen LogP contribution in [-0.4, -0.2) is 41.1 Å². The van der Waals surface area contributed by atoms with Gasteiger partial charge in [-0.05, 0) is 43.1 Å². The summed E-state index contributed by atoms with van der Waals surface area (Å²) in [6.07, 6.45) is 3.56. The Balaban J connectivity index is 1.37. The summed E-state index contributed by atoms with van der Waals surface area (Å²) < 4.78 is 0. The molecule has 2 saturated heterocycles. The van der Waals surface area contributed by atoms with Gasteiger partial charge in [-0.1, -0.05) is 30.3 Å². The summed E-state index contributed by atoms with van der Waals surface area (Å²) in [7, 11) is 0.